The molecule has 0 N–H and O–H groups in total. The summed E-state index contributed by atoms with van der Waals surface area (Å²) in [6, 6.07) is 70.8. The van der Waals surface area contributed by atoms with Crippen LogP contribution in [-0.2, 0) is 0 Å². The van der Waals surface area contributed by atoms with E-state index in [-0.39, 0.29) is 0 Å². The van der Waals surface area contributed by atoms with E-state index >= 15 is 0 Å². The number of rotatable bonds is 6. The number of para-hydroxylation sites is 3. The summed E-state index contributed by atoms with van der Waals surface area (Å²) in [4.78, 5) is 2.29. The first-order chi connectivity index (χ1) is 27.3. The summed E-state index contributed by atoms with van der Waals surface area (Å²) in [6.07, 6.45) is 0. The summed E-state index contributed by atoms with van der Waals surface area (Å²) in [6.45, 7) is 0. The predicted molar refractivity (Wildman–Crippen MR) is 229 cm³/mol. The molecule has 0 atom stereocenters. The molecule has 0 aliphatic rings. The van der Waals surface area contributed by atoms with Crippen molar-refractivity contribution in [2.24, 2.45) is 0 Å². The van der Waals surface area contributed by atoms with Gasteiger partial charge in [-0.25, -0.2) is 0 Å². The number of furan rings is 2. The summed E-state index contributed by atoms with van der Waals surface area (Å²) in [7, 11) is 0. The van der Waals surface area contributed by atoms with Crippen molar-refractivity contribution in [3.8, 4) is 33.4 Å². The Bertz CT molecular complexity index is 3180. The van der Waals surface area contributed by atoms with E-state index in [0.29, 0.717) is 0 Å². The molecule has 9 aromatic carbocycles. The molecule has 0 aliphatic heterocycles. The van der Waals surface area contributed by atoms with Crippen LogP contribution in [0.1, 0.15) is 0 Å². The topological polar surface area (TPSA) is 29.5 Å². The predicted octanol–water partition coefficient (Wildman–Crippen LogP) is 15.1. The lowest BCUT2D eigenvalue weighted by atomic mass is 9.93. The van der Waals surface area contributed by atoms with Crippen LogP contribution in [0.25, 0.3) is 88.0 Å². The first kappa shape index (κ1) is 31.2. The van der Waals surface area contributed by atoms with E-state index in [1.54, 1.807) is 0 Å². The van der Waals surface area contributed by atoms with Gasteiger partial charge in [0.1, 0.15) is 22.3 Å². The molecule has 2 heterocycles. The first-order valence-corrected chi connectivity index (χ1v) is 18.7. The van der Waals surface area contributed by atoms with Crippen molar-refractivity contribution in [3.63, 3.8) is 0 Å². The quantitative estimate of drug-likeness (QED) is 0.173. The Hall–Kier alpha value is -7.36. The van der Waals surface area contributed by atoms with Crippen LogP contribution in [0.5, 0.6) is 0 Å². The van der Waals surface area contributed by atoms with Crippen molar-refractivity contribution in [2.75, 3.05) is 4.90 Å². The lowest BCUT2D eigenvalue weighted by Crippen LogP contribution is -2.09. The monoisotopic (exact) mass is 703 g/mol. The molecule has 258 valence electrons. The highest BCUT2D eigenvalue weighted by Gasteiger charge is 2.19. The van der Waals surface area contributed by atoms with E-state index in [9.17, 15) is 0 Å². The lowest BCUT2D eigenvalue weighted by molar-refractivity contribution is 0.670. The lowest BCUT2D eigenvalue weighted by Gasteiger charge is -2.25. The van der Waals surface area contributed by atoms with E-state index in [0.717, 1.165) is 88.4 Å². The van der Waals surface area contributed by atoms with Gasteiger partial charge in [0.25, 0.3) is 0 Å². The average Bonchev–Trinajstić information content (AvgIpc) is 3.83. The zero-order valence-corrected chi connectivity index (χ0v) is 29.8. The minimum atomic E-state index is 0.853. The Morgan fingerprint density at radius 2 is 0.800 bits per heavy atom. The molecule has 55 heavy (non-hydrogen) atoms. The zero-order chi connectivity index (χ0) is 36.3. The SMILES string of the molecule is c1ccc(-c2ccc(N(c3ccccc3)c3ccc4c(c3)oc3c5ccccc5c(-c5ccc(-c6cccc7c6oc6ccccc67)cc5)cc43)cc2)cc1. The number of benzene rings is 9. The Balaban J connectivity index is 1.01. The number of nitrogens with zero attached hydrogens (tertiary/aromatic N) is 1. The third kappa shape index (κ3) is 5.20. The van der Waals surface area contributed by atoms with Crippen LogP contribution in [0.15, 0.2) is 209 Å². The minimum Gasteiger partial charge on any atom is -0.455 e. The molecule has 3 nitrogen and oxygen atoms in total. The third-order valence-electron chi connectivity index (χ3n) is 10.9. The van der Waals surface area contributed by atoms with Crippen LogP contribution < -0.4 is 4.90 Å². The van der Waals surface area contributed by atoms with Crippen LogP contribution in [0.2, 0.25) is 0 Å². The molecule has 0 spiro atoms. The van der Waals surface area contributed by atoms with E-state index in [1.165, 1.54) is 16.7 Å². The summed E-state index contributed by atoms with van der Waals surface area (Å²) >= 11 is 0. The fourth-order valence-corrected chi connectivity index (χ4v) is 8.23. The van der Waals surface area contributed by atoms with Gasteiger partial charge in [-0.15, -0.1) is 0 Å². The fourth-order valence-electron chi connectivity index (χ4n) is 8.23. The molecule has 0 bridgehead atoms. The molecule has 0 amide bonds. The normalized spacial score (nSPS) is 11.6. The molecular weight excluding hydrogens is 671 g/mol. The summed E-state index contributed by atoms with van der Waals surface area (Å²) in [5.41, 5.74) is 13.7. The van der Waals surface area contributed by atoms with Crippen molar-refractivity contribution in [1.82, 2.24) is 0 Å². The summed E-state index contributed by atoms with van der Waals surface area (Å²) < 4.78 is 13.2. The van der Waals surface area contributed by atoms with Crippen molar-refractivity contribution < 1.29 is 8.83 Å². The van der Waals surface area contributed by atoms with Gasteiger partial charge in [0.15, 0.2) is 0 Å². The van der Waals surface area contributed by atoms with E-state index in [1.807, 2.05) is 12.1 Å². The molecule has 11 rings (SSSR count). The number of fused-ring (bicyclic) bond motifs is 8. The highest BCUT2D eigenvalue weighted by molar-refractivity contribution is 6.19. The maximum atomic E-state index is 6.80. The summed E-state index contributed by atoms with van der Waals surface area (Å²) in [5.74, 6) is 0. The second-order valence-corrected chi connectivity index (χ2v) is 14.1. The van der Waals surface area contributed by atoms with Crippen LogP contribution in [0.3, 0.4) is 0 Å². The number of hydrogen-bond donors (Lipinski definition) is 0. The Morgan fingerprint density at radius 1 is 0.273 bits per heavy atom. The van der Waals surface area contributed by atoms with Crippen molar-refractivity contribution in [1.29, 1.82) is 0 Å². The molecule has 0 radical (unpaired) electrons. The van der Waals surface area contributed by atoms with Crippen molar-refractivity contribution >= 4 is 71.7 Å². The molecule has 0 unspecified atom stereocenters. The minimum absolute atomic E-state index is 0.853. The summed E-state index contributed by atoms with van der Waals surface area (Å²) in [5, 5.41) is 6.72. The highest BCUT2D eigenvalue weighted by atomic mass is 16.3. The maximum absolute atomic E-state index is 6.80. The zero-order valence-electron chi connectivity index (χ0n) is 29.8. The third-order valence-corrected chi connectivity index (χ3v) is 10.9. The number of hydrogen-bond acceptors (Lipinski definition) is 3. The van der Waals surface area contributed by atoms with Gasteiger partial charge >= 0.3 is 0 Å². The van der Waals surface area contributed by atoms with Crippen molar-refractivity contribution in [2.45, 2.75) is 0 Å². The number of anilines is 3. The fraction of sp³-hybridized carbons (Fsp3) is 0. The van der Waals surface area contributed by atoms with Gasteiger partial charge in [-0.2, -0.15) is 0 Å². The van der Waals surface area contributed by atoms with E-state index in [2.05, 4.69) is 193 Å². The van der Waals surface area contributed by atoms with Gasteiger partial charge < -0.3 is 13.7 Å². The molecule has 2 aromatic heterocycles. The standard InChI is InChI=1S/C52H33NO2/c1-3-12-34(13-4-1)35-26-28-39(29-27-35)53(38-14-5-2-6-15-38)40-30-31-44-48-33-47(42-16-7-8-18-45(42)52(48)55-50(44)32-40)37-24-22-36(23-25-37)41-19-11-20-46-43-17-9-10-21-49(43)54-51(41)46/h1-33H. The van der Waals surface area contributed by atoms with Crippen LogP contribution >= 0.6 is 0 Å². The van der Waals surface area contributed by atoms with Crippen LogP contribution in [-0.4, -0.2) is 0 Å². The highest BCUT2D eigenvalue weighted by Crippen LogP contribution is 2.43. The molecule has 0 saturated heterocycles. The smallest absolute Gasteiger partial charge is 0.143 e. The van der Waals surface area contributed by atoms with Crippen LogP contribution in [0, 0.1) is 0 Å². The Kier molecular flexibility index (Phi) is 7.17. The second-order valence-electron chi connectivity index (χ2n) is 14.1. The van der Waals surface area contributed by atoms with Gasteiger partial charge in [0.05, 0.1) is 0 Å². The van der Waals surface area contributed by atoms with Gasteiger partial charge in [-0.3, -0.25) is 0 Å². The molecule has 0 fully saturated rings. The average molecular weight is 704 g/mol. The largest absolute Gasteiger partial charge is 0.455 e. The van der Waals surface area contributed by atoms with Gasteiger partial charge in [-0.1, -0.05) is 146 Å². The first-order valence-electron chi connectivity index (χ1n) is 18.7. The molecule has 0 saturated carbocycles. The molecular formula is C52H33NO2. The van der Waals surface area contributed by atoms with Gasteiger partial charge in [-0.05, 0) is 81.7 Å². The van der Waals surface area contributed by atoms with Gasteiger partial charge in [0.2, 0.25) is 0 Å². The molecule has 11 aromatic rings. The van der Waals surface area contributed by atoms with Crippen LogP contribution in [0.4, 0.5) is 17.1 Å². The molecule has 0 aliphatic carbocycles. The van der Waals surface area contributed by atoms with E-state index in [4.69, 9.17) is 8.83 Å². The Morgan fingerprint density at radius 3 is 1.58 bits per heavy atom. The Labute approximate surface area is 317 Å². The van der Waals surface area contributed by atoms with Crippen molar-refractivity contribution in [3.05, 3.63) is 200 Å². The second kappa shape index (κ2) is 12.6. The van der Waals surface area contributed by atoms with E-state index < -0.39 is 0 Å². The molecule has 3 heteroatoms. The maximum Gasteiger partial charge on any atom is 0.143 e. The van der Waals surface area contributed by atoms with Gasteiger partial charge in [0, 0.05) is 55.6 Å².